The fourth-order valence-corrected chi connectivity index (χ4v) is 1.68. The fraction of sp³-hybridized carbons (Fsp3) is 0. The largest absolute Gasteiger partial charge is 0.265 e. The molecule has 68 valence electrons. The molecule has 0 aliphatic carbocycles. The van der Waals surface area contributed by atoms with Crippen LogP contribution in [0.15, 0.2) is 30.6 Å². The summed E-state index contributed by atoms with van der Waals surface area (Å²) in [6.45, 7) is 0. The molecule has 0 spiro atoms. The van der Waals surface area contributed by atoms with Crippen LogP contribution in [0.5, 0.6) is 0 Å². The molecule has 0 saturated heterocycles. The highest BCUT2D eigenvalue weighted by Crippen LogP contribution is 2.14. The maximum absolute atomic E-state index is 4.96. The first kappa shape index (κ1) is 7.64. The number of H-pyrrole nitrogens is 1. The molecule has 1 aromatic carbocycles. The Balaban J connectivity index is 2.66. The Morgan fingerprint density at radius 3 is 3.07 bits per heavy atom. The van der Waals surface area contributed by atoms with E-state index in [0.717, 1.165) is 16.6 Å². The van der Waals surface area contributed by atoms with Gasteiger partial charge in [-0.25, -0.2) is 9.50 Å². The number of aromatic amines is 1. The van der Waals surface area contributed by atoms with E-state index in [9.17, 15) is 0 Å². The molecule has 2 heterocycles. The highest BCUT2D eigenvalue weighted by molar-refractivity contribution is 7.71. The Morgan fingerprint density at radius 2 is 2.14 bits per heavy atom. The smallest absolute Gasteiger partial charge is 0.214 e. The molecule has 3 aromatic rings. The third kappa shape index (κ3) is 0.958. The molecule has 0 bridgehead atoms. The predicted molar refractivity (Wildman–Crippen MR) is 55.7 cm³/mol. The predicted octanol–water partition coefficient (Wildman–Crippen LogP) is 1.94. The summed E-state index contributed by atoms with van der Waals surface area (Å²) in [5.41, 5.74) is 1.74. The van der Waals surface area contributed by atoms with Crippen molar-refractivity contribution in [3.63, 3.8) is 0 Å². The van der Waals surface area contributed by atoms with Gasteiger partial charge in [0.25, 0.3) is 0 Å². The quantitative estimate of drug-likeness (QED) is 0.567. The number of benzene rings is 1. The summed E-state index contributed by atoms with van der Waals surface area (Å²) in [6, 6.07) is 7.84. The Hall–Kier alpha value is -1.75. The van der Waals surface area contributed by atoms with Gasteiger partial charge >= 0.3 is 0 Å². The van der Waals surface area contributed by atoms with Crippen LogP contribution in [0, 0.1) is 4.77 Å². The standard InChI is InChI=1S/C9H6N4S/c14-9-11-8-6-3-1-2-4-7(6)10-5-13(8)12-9/h1-5H,(H,12,14). The van der Waals surface area contributed by atoms with Crippen molar-refractivity contribution in [3.8, 4) is 0 Å². The normalized spacial score (nSPS) is 11.1. The lowest BCUT2D eigenvalue weighted by atomic mass is 10.2. The van der Waals surface area contributed by atoms with Crippen molar-refractivity contribution in [2.24, 2.45) is 0 Å². The van der Waals surface area contributed by atoms with Crippen molar-refractivity contribution in [1.29, 1.82) is 0 Å². The zero-order valence-electron chi connectivity index (χ0n) is 7.14. The summed E-state index contributed by atoms with van der Waals surface area (Å²) in [7, 11) is 0. The topological polar surface area (TPSA) is 46.0 Å². The molecule has 0 unspecified atom stereocenters. The monoisotopic (exact) mass is 202 g/mol. The molecule has 0 aliphatic heterocycles. The number of rotatable bonds is 0. The zero-order chi connectivity index (χ0) is 9.54. The van der Waals surface area contributed by atoms with Crippen molar-refractivity contribution in [1.82, 2.24) is 19.6 Å². The molecule has 0 atom stereocenters. The second kappa shape index (κ2) is 2.62. The molecule has 0 fully saturated rings. The Kier molecular flexibility index (Phi) is 1.43. The van der Waals surface area contributed by atoms with Gasteiger partial charge in [0.2, 0.25) is 4.77 Å². The third-order valence-corrected chi connectivity index (χ3v) is 2.29. The van der Waals surface area contributed by atoms with Crippen molar-refractivity contribution in [2.75, 3.05) is 0 Å². The Labute approximate surface area is 84.2 Å². The van der Waals surface area contributed by atoms with Gasteiger partial charge in [0.15, 0.2) is 5.65 Å². The first-order valence-electron chi connectivity index (χ1n) is 4.17. The first-order valence-corrected chi connectivity index (χ1v) is 4.57. The van der Waals surface area contributed by atoms with Crippen LogP contribution < -0.4 is 0 Å². The number of nitrogens with zero attached hydrogens (tertiary/aromatic N) is 3. The first-order chi connectivity index (χ1) is 6.84. The molecule has 14 heavy (non-hydrogen) atoms. The van der Waals surface area contributed by atoms with E-state index in [1.807, 2.05) is 24.3 Å². The minimum absolute atomic E-state index is 0.475. The van der Waals surface area contributed by atoms with Crippen LogP contribution in [0.1, 0.15) is 0 Å². The molecule has 3 rings (SSSR count). The summed E-state index contributed by atoms with van der Waals surface area (Å²) >= 11 is 4.96. The van der Waals surface area contributed by atoms with E-state index in [-0.39, 0.29) is 0 Å². The molecule has 5 heteroatoms. The van der Waals surface area contributed by atoms with Gasteiger partial charge in [0, 0.05) is 5.39 Å². The molecule has 0 saturated carbocycles. The minimum atomic E-state index is 0.475. The van der Waals surface area contributed by atoms with Crippen LogP contribution in [0.2, 0.25) is 0 Å². The molecule has 1 N–H and O–H groups in total. The van der Waals surface area contributed by atoms with Gasteiger partial charge in [0.1, 0.15) is 6.33 Å². The minimum Gasteiger partial charge on any atom is -0.265 e. The van der Waals surface area contributed by atoms with Gasteiger partial charge in [-0.2, -0.15) is 4.98 Å². The molecule has 0 aliphatic rings. The molecule has 2 aromatic heterocycles. The Morgan fingerprint density at radius 1 is 1.29 bits per heavy atom. The van der Waals surface area contributed by atoms with Crippen molar-refractivity contribution >= 4 is 28.8 Å². The lowest BCUT2D eigenvalue weighted by molar-refractivity contribution is 0.926. The van der Waals surface area contributed by atoms with Gasteiger partial charge in [0.05, 0.1) is 5.52 Å². The summed E-state index contributed by atoms with van der Waals surface area (Å²) in [5.74, 6) is 0. The van der Waals surface area contributed by atoms with Crippen LogP contribution in [-0.2, 0) is 0 Å². The molecule has 4 nitrogen and oxygen atoms in total. The van der Waals surface area contributed by atoms with E-state index in [4.69, 9.17) is 12.2 Å². The second-order valence-corrected chi connectivity index (χ2v) is 3.37. The second-order valence-electron chi connectivity index (χ2n) is 2.98. The highest BCUT2D eigenvalue weighted by atomic mass is 32.1. The van der Waals surface area contributed by atoms with E-state index in [1.54, 1.807) is 10.8 Å². The third-order valence-electron chi connectivity index (χ3n) is 2.11. The van der Waals surface area contributed by atoms with Gasteiger partial charge in [-0.15, -0.1) is 0 Å². The van der Waals surface area contributed by atoms with Crippen LogP contribution in [0.4, 0.5) is 0 Å². The summed E-state index contributed by atoms with van der Waals surface area (Å²) in [4.78, 5) is 8.49. The molecular weight excluding hydrogens is 196 g/mol. The van der Waals surface area contributed by atoms with E-state index >= 15 is 0 Å². The summed E-state index contributed by atoms with van der Waals surface area (Å²) in [6.07, 6.45) is 1.68. The number of fused-ring (bicyclic) bond motifs is 3. The van der Waals surface area contributed by atoms with E-state index < -0.39 is 0 Å². The highest BCUT2D eigenvalue weighted by Gasteiger charge is 2.01. The lowest BCUT2D eigenvalue weighted by Crippen LogP contribution is -1.90. The van der Waals surface area contributed by atoms with Crippen molar-refractivity contribution in [3.05, 3.63) is 35.4 Å². The fourth-order valence-electron chi connectivity index (χ4n) is 1.50. The average molecular weight is 202 g/mol. The van der Waals surface area contributed by atoms with Crippen molar-refractivity contribution < 1.29 is 0 Å². The van der Waals surface area contributed by atoms with Crippen molar-refractivity contribution in [2.45, 2.75) is 0 Å². The van der Waals surface area contributed by atoms with Gasteiger partial charge in [-0.1, -0.05) is 12.1 Å². The number of nitrogens with one attached hydrogen (secondary N) is 1. The maximum Gasteiger partial charge on any atom is 0.214 e. The molecule has 0 radical (unpaired) electrons. The van der Waals surface area contributed by atoms with Gasteiger partial charge < -0.3 is 0 Å². The van der Waals surface area contributed by atoms with Crippen LogP contribution >= 0.6 is 12.2 Å². The van der Waals surface area contributed by atoms with Gasteiger partial charge in [-0.05, 0) is 24.4 Å². The maximum atomic E-state index is 4.96. The van der Waals surface area contributed by atoms with E-state index in [0.29, 0.717) is 4.77 Å². The number of hydrogen-bond acceptors (Lipinski definition) is 3. The summed E-state index contributed by atoms with van der Waals surface area (Å²) < 4.78 is 2.20. The molecule has 0 amide bonds. The number of aromatic nitrogens is 4. The van der Waals surface area contributed by atoms with Crippen LogP contribution in [0.3, 0.4) is 0 Å². The van der Waals surface area contributed by atoms with Crippen LogP contribution in [0.25, 0.3) is 16.6 Å². The van der Waals surface area contributed by atoms with Gasteiger partial charge in [-0.3, -0.25) is 5.10 Å². The zero-order valence-corrected chi connectivity index (χ0v) is 7.95. The molecular formula is C9H6N4S. The van der Waals surface area contributed by atoms with E-state index in [1.165, 1.54) is 0 Å². The average Bonchev–Trinajstić information content (AvgIpc) is 2.59. The Bertz CT molecular complexity index is 667. The summed E-state index contributed by atoms with van der Waals surface area (Å²) in [5, 5.41) is 3.91. The lowest BCUT2D eigenvalue weighted by Gasteiger charge is -1.97. The SMILES string of the molecule is S=c1nc2c3ccccc3ncn2[nH]1. The number of para-hydroxylation sites is 1. The number of hydrogen-bond donors (Lipinski definition) is 1. The van der Waals surface area contributed by atoms with Crippen LogP contribution in [-0.4, -0.2) is 19.6 Å². The van der Waals surface area contributed by atoms with E-state index in [2.05, 4.69) is 15.1 Å².